The highest BCUT2D eigenvalue weighted by Gasteiger charge is 2.21. The highest BCUT2D eigenvalue weighted by atomic mass is 127. The van der Waals surface area contributed by atoms with Crippen molar-refractivity contribution in [2.45, 2.75) is 12.6 Å². The lowest BCUT2D eigenvalue weighted by Gasteiger charge is -2.21. The van der Waals surface area contributed by atoms with Crippen molar-refractivity contribution in [3.05, 3.63) is 71.3 Å². The molecule has 3 rings (SSSR count). The fourth-order valence-corrected chi connectivity index (χ4v) is 2.52. The first-order valence-electron chi connectivity index (χ1n) is 7.14. The van der Waals surface area contributed by atoms with Gasteiger partial charge >= 0.3 is 0 Å². The van der Waals surface area contributed by atoms with Crippen LogP contribution in [0.15, 0.2) is 53.5 Å². The van der Waals surface area contributed by atoms with Crippen LogP contribution in [0, 0.1) is 11.6 Å². The lowest BCUT2D eigenvalue weighted by molar-refractivity contribution is 0.470. The largest absolute Gasteiger partial charge is 0.348 e. The Morgan fingerprint density at radius 2 is 1.87 bits per heavy atom. The van der Waals surface area contributed by atoms with Crippen LogP contribution in [0.25, 0.3) is 0 Å². The fraction of sp³-hybridized carbons (Fsp3) is 0.235. The quantitative estimate of drug-likeness (QED) is 0.754. The van der Waals surface area contributed by atoms with Crippen LogP contribution in [0.3, 0.4) is 0 Å². The Labute approximate surface area is 151 Å². The summed E-state index contributed by atoms with van der Waals surface area (Å²) in [6.07, 6.45) is 0. The van der Waals surface area contributed by atoms with E-state index in [1.165, 1.54) is 11.6 Å². The molecule has 1 atom stereocenters. The summed E-state index contributed by atoms with van der Waals surface area (Å²) >= 11 is 0. The minimum Gasteiger partial charge on any atom is -0.348 e. The first-order chi connectivity index (χ1) is 10.6. The van der Waals surface area contributed by atoms with Gasteiger partial charge in [-0.2, -0.15) is 0 Å². The van der Waals surface area contributed by atoms with Gasteiger partial charge in [0.25, 0.3) is 0 Å². The van der Waals surface area contributed by atoms with E-state index >= 15 is 0 Å². The Morgan fingerprint density at radius 3 is 2.57 bits per heavy atom. The zero-order chi connectivity index (χ0) is 15.5. The number of rotatable bonds is 3. The number of hydrogen-bond acceptors (Lipinski definition) is 3. The van der Waals surface area contributed by atoms with Gasteiger partial charge in [-0.05, 0) is 23.3 Å². The van der Waals surface area contributed by atoms with Gasteiger partial charge < -0.3 is 10.2 Å². The van der Waals surface area contributed by atoms with Crippen LogP contribution < -0.4 is 5.32 Å². The maximum Gasteiger partial charge on any atom is 0.194 e. The fourth-order valence-electron chi connectivity index (χ4n) is 2.52. The first kappa shape index (κ1) is 17.7. The molecule has 0 radical (unpaired) electrons. The van der Waals surface area contributed by atoms with Crippen molar-refractivity contribution in [3.8, 4) is 0 Å². The number of nitrogens with one attached hydrogen (secondary N) is 1. The summed E-state index contributed by atoms with van der Waals surface area (Å²) in [4.78, 5) is 6.39. The predicted octanol–water partition coefficient (Wildman–Crippen LogP) is 3.72. The van der Waals surface area contributed by atoms with E-state index in [1.807, 2.05) is 30.1 Å². The van der Waals surface area contributed by atoms with E-state index in [4.69, 9.17) is 0 Å². The molecule has 0 aliphatic carbocycles. The van der Waals surface area contributed by atoms with Crippen molar-refractivity contribution in [2.75, 3.05) is 13.6 Å². The predicted molar refractivity (Wildman–Crippen MR) is 97.9 cm³/mol. The molecular weight excluding hydrogens is 411 g/mol. The van der Waals surface area contributed by atoms with Crippen molar-refractivity contribution in [1.29, 1.82) is 0 Å². The van der Waals surface area contributed by atoms with Gasteiger partial charge in [-0.3, -0.25) is 4.99 Å². The molecule has 23 heavy (non-hydrogen) atoms. The van der Waals surface area contributed by atoms with E-state index in [1.54, 1.807) is 6.07 Å². The molecule has 0 fully saturated rings. The molecule has 1 heterocycles. The number of guanidine groups is 1. The van der Waals surface area contributed by atoms with Crippen molar-refractivity contribution in [2.24, 2.45) is 4.99 Å². The van der Waals surface area contributed by atoms with Crippen LogP contribution in [0.2, 0.25) is 0 Å². The number of benzene rings is 2. The van der Waals surface area contributed by atoms with Crippen molar-refractivity contribution in [3.63, 3.8) is 0 Å². The highest BCUT2D eigenvalue weighted by molar-refractivity contribution is 14.0. The van der Waals surface area contributed by atoms with Gasteiger partial charge in [-0.15, -0.1) is 24.0 Å². The lowest BCUT2D eigenvalue weighted by Crippen LogP contribution is -2.36. The molecule has 0 spiro atoms. The van der Waals surface area contributed by atoms with E-state index in [0.29, 0.717) is 18.7 Å². The minimum absolute atomic E-state index is 0. The first-order valence-corrected chi connectivity index (χ1v) is 7.14. The number of halogens is 3. The van der Waals surface area contributed by atoms with E-state index in [9.17, 15) is 8.78 Å². The zero-order valence-electron chi connectivity index (χ0n) is 12.7. The van der Waals surface area contributed by atoms with Gasteiger partial charge in [0, 0.05) is 13.6 Å². The average Bonchev–Trinajstić information content (AvgIpc) is 3.02. The van der Waals surface area contributed by atoms with Gasteiger partial charge in [-0.25, -0.2) is 8.78 Å². The maximum absolute atomic E-state index is 13.3. The second-order valence-electron chi connectivity index (χ2n) is 5.38. The lowest BCUT2D eigenvalue weighted by atomic mass is 10.1. The number of hydrogen-bond donors (Lipinski definition) is 1. The topological polar surface area (TPSA) is 27.6 Å². The van der Waals surface area contributed by atoms with Crippen molar-refractivity contribution >= 4 is 29.9 Å². The van der Waals surface area contributed by atoms with Crippen molar-refractivity contribution < 1.29 is 8.78 Å². The van der Waals surface area contributed by atoms with Crippen LogP contribution in [-0.2, 0) is 6.54 Å². The zero-order valence-corrected chi connectivity index (χ0v) is 15.0. The Kier molecular flexibility index (Phi) is 5.92. The molecule has 0 amide bonds. The molecule has 1 aliphatic rings. The van der Waals surface area contributed by atoms with Gasteiger partial charge in [0.2, 0.25) is 0 Å². The van der Waals surface area contributed by atoms with Gasteiger partial charge in [0.05, 0.1) is 12.6 Å². The summed E-state index contributed by atoms with van der Waals surface area (Å²) in [5.74, 6) is -0.889. The van der Waals surface area contributed by atoms with E-state index in [-0.39, 0.29) is 30.0 Å². The highest BCUT2D eigenvalue weighted by Crippen LogP contribution is 2.18. The Bertz CT molecular complexity index is 691. The molecule has 1 N–H and O–H groups in total. The molecule has 6 heteroatoms. The van der Waals surface area contributed by atoms with Gasteiger partial charge in [0.15, 0.2) is 17.6 Å². The standard InChI is InChI=1S/C17H17F2N3.HI/c1-22(11-12-7-8-14(18)15(19)9-12)17-20-10-16(21-17)13-5-3-2-4-6-13;/h2-9,16H,10-11H2,1H3,(H,20,21);1H. The number of aliphatic imine (C=N–C) groups is 1. The second kappa shape index (κ2) is 7.72. The van der Waals surface area contributed by atoms with Crippen LogP contribution in [0.4, 0.5) is 8.78 Å². The molecule has 0 aromatic heterocycles. The average molecular weight is 429 g/mol. The maximum atomic E-state index is 13.3. The van der Waals surface area contributed by atoms with Crippen LogP contribution >= 0.6 is 24.0 Å². The van der Waals surface area contributed by atoms with Crippen LogP contribution in [0.5, 0.6) is 0 Å². The molecule has 0 saturated carbocycles. The summed E-state index contributed by atoms with van der Waals surface area (Å²) in [6, 6.07) is 14.2. The monoisotopic (exact) mass is 429 g/mol. The Hall–Kier alpha value is -1.70. The van der Waals surface area contributed by atoms with E-state index in [2.05, 4.69) is 22.4 Å². The van der Waals surface area contributed by atoms with E-state index < -0.39 is 11.6 Å². The molecule has 0 saturated heterocycles. The van der Waals surface area contributed by atoms with Gasteiger partial charge in [0.1, 0.15) is 0 Å². The summed E-state index contributed by atoms with van der Waals surface area (Å²) in [7, 11) is 1.88. The summed E-state index contributed by atoms with van der Waals surface area (Å²) in [6.45, 7) is 1.13. The van der Waals surface area contributed by atoms with Crippen molar-refractivity contribution in [1.82, 2.24) is 10.2 Å². The molecule has 2 aromatic rings. The minimum atomic E-state index is -0.827. The van der Waals surface area contributed by atoms with Crippen LogP contribution in [0.1, 0.15) is 17.2 Å². The normalized spacial score (nSPS) is 16.3. The van der Waals surface area contributed by atoms with E-state index in [0.717, 1.165) is 12.0 Å². The SMILES string of the molecule is CN(Cc1ccc(F)c(F)c1)C1=NCC(c2ccccc2)N1.I. The third kappa shape index (κ3) is 4.19. The summed E-state index contributed by atoms with van der Waals surface area (Å²) < 4.78 is 26.2. The third-order valence-electron chi connectivity index (χ3n) is 3.69. The van der Waals surface area contributed by atoms with Gasteiger partial charge in [-0.1, -0.05) is 36.4 Å². The summed E-state index contributed by atoms with van der Waals surface area (Å²) in [5.41, 5.74) is 1.89. The second-order valence-corrected chi connectivity index (χ2v) is 5.38. The Morgan fingerprint density at radius 1 is 1.13 bits per heavy atom. The molecular formula is C17H18F2IN3. The molecule has 122 valence electrons. The molecule has 1 unspecified atom stereocenters. The molecule has 1 aliphatic heterocycles. The molecule has 2 aromatic carbocycles. The molecule has 3 nitrogen and oxygen atoms in total. The summed E-state index contributed by atoms with van der Waals surface area (Å²) in [5, 5.41) is 3.36. The number of nitrogens with zero attached hydrogens (tertiary/aromatic N) is 2. The third-order valence-corrected chi connectivity index (χ3v) is 3.69. The smallest absolute Gasteiger partial charge is 0.194 e. The van der Waals surface area contributed by atoms with Crippen LogP contribution in [-0.4, -0.2) is 24.5 Å². The molecule has 0 bridgehead atoms. The Balaban J connectivity index is 0.00000192.